The van der Waals surface area contributed by atoms with Gasteiger partial charge in [-0.2, -0.15) is 0 Å². The zero-order valence-electron chi connectivity index (χ0n) is 6.10. The van der Waals surface area contributed by atoms with Gasteiger partial charge in [-0.25, -0.2) is 4.99 Å². The number of nitrogens with zero attached hydrogens (tertiary/aromatic N) is 1. The highest BCUT2D eigenvalue weighted by molar-refractivity contribution is 8.03. The maximum atomic E-state index is 5.41. The third-order valence-corrected chi connectivity index (χ3v) is 1.76. The van der Waals surface area contributed by atoms with Crippen LogP contribution in [0.5, 0.6) is 0 Å². The first-order chi connectivity index (χ1) is 4.70. The summed E-state index contributed by atoms with van der Waals surface area (Å²) in [6.45, 7) is 5.38. The monoisotopic (exact) mass is 175 g/mol. The molecule has 0 aromatic heterocycles. The van der Waals surface area contributed by atoms with Crippen molar-refractivity contribution in [3.05, 3.63) is 22.7 Å². The summed E-state index contributed by atoms with van der Waals surface area (Å²) in [5.41, 5.74) is 0. The molecular formula is C7H10ClNS. The second kappa shape index (κ2) is 5.57. The molecule has 10 heavy (non-hydrogen) atoms. The van der Waals surface area contributed by atoms with E-state index in [-0.39, 0.29) is 0 Å². The Morgan fingerprint density at radius 1 is 1.70 bits per heavy atom. The van der Waals surface area contributed by atoms with Crippen molar-refractivity contribution in [2.24, 2.45) is 4.99 Å². The lowest BCUT2D eigenvalue weighted by Crippen LogP contribution is -1.75. The molecule has 0 aliphatic rings. The molecule has 0 saturated carbocycles. The summed E-state index contributed by atoms with van der Waals surface area (Å²) < 4.78 is 0. The Labute approximate surface area is 70.9 Å². The van der Waals surface area contributed by atoms with Gasteiger partial charge < -0.3 is 0 Å². The quantitative estimate of drug-likeness (QED) is 0.475. The molecule has 0 rings (SSSR count). The van der Waals surface area contributed by atoms with E-state index in [0.717, 1.165) is 4.91 Å². The van der Waals surface area contributed by atoms with Crippen LogP contribution in [0.4, 0.5) is 0 Å². The zero-order valence-corrected chi connectivity index (χ0v) is 7.67. The van der Waals surface area contributed by atoms with Gasteiger partial charge in [0.2, 0.25) is 0 Å². The average molecular weight is 176 g/mol. The van der Waals surface area contributed by atoms with E-state index < -0.39 is 0 Å². The summed E-state index contributed by atoms with van der Waals surface area (Å²) in [6.07, 6.45) is 5.65. The minimum atomic E-state index is 0.313. The van der Waals surface area contributed by atoms with Crippen LogP contribution in [-0.4, -0.2) is 12.5 Å². The Bertz CT molecular complexity index is 172. The SMILES string of the molecule is C=C(Cl)N=C/C(=C\C)SC. The van der Waals surface area contributed by atoms with Gasteiger partial charge in [0.1, 0.15) is 5.16 Å². The van der Waals surface area contributed by atoms with Gasteiger partial charge in [-0.05, 0) is 13.2 Å². The van der Waals surface area contributed by atoms with Crippen LogP contribution in [0.25, 0.3) is 0 Å². The van der Waals surface area contributed by atoms with Crippen molar-refractivity contribution in [3.8, 4) is 0 Å². The minimum Gasteiger partial charge on any atom is -0.244 e. The predicted octanol–water partition coefficient (Wildman–Crippen LogP) is 3.03. The molecule has 0 atom stereocenters. The molecule has 0 heterocycles. The van der Waals surface area contributed by atoms with E-state index in [1.165, 1.54) is 0 Å². The van der Waals surface area contributed by atoms with Gasteiger partial charge in [-0.15, -0.1) is 11.8 Å². The summed E-state index contributed by atoms with van der Waals surface area (Å²) in [5.74, 6) is 0. The van der Waals surface area contributed by atoms with Gasteiger partial charge in [-0.1, -0.05) is 24.3 Å². The lowest BCUT2D eigenvalue weighted by Gasteiger charge is -1.90. The van der Waals surface area contributed by atoms with E-state index >= 15 is 0 Å². The Morgan fingerprint density at radius 2 is 2.30 bits per heavy atom. The van der Waals surface area contributed by atoms with Crippen molar-refractivity contribution in [2.75, 3.05) is 6.26 Å². The Kier molecular flexibility index (Phi) is 5.45. The highest BCUT2D eigenvalue weighted by Gasteiger charge is 1.85. The first-order valence-corrected chi connectivity index (χ1v) is 4.39. The molecule has 0 aromatic rings. The van der Waals surface area contributed by atoms with Crippen LogP contribution < -0.4 is 0 Å². The third-order valence-electron chi connectivity index (χ3n) is 0.852. The van der Waals surface area contributed by atoms with Crippen molar-refractivity contribution >= 4 is 29.6 Å². The molecule has 0 N–H and O–H groups in total. The van der Waals surface area contributed by atoms with E-state index in [1.807, 2.05) is 19.3 Å². The summed E-state index contributed by atoms with van der Waals surface area (Å²) >= 11 is 7.03. The number of aliphatic imine (C=N–C) groups is 1. The van der Waals surface area contributed by atoms with Crippen LogP contribution >= 0.6 is 23.4 Å². The number of hydrogen-bond donors (Lipinski definition) is 0. The van der Waals surface area contributed by atoms with Gasteiger partial charge >= 0.3 is 0 Å². The second-order valence-electron chi connectivity index (χ2n) is 1.53. The molecule has 0 aromatic carbocycles. The van der Waals surface area contributed by atoms with Gasteiger partial charge in [0.25, 0.3) is 0 Å². The van der Waals surface area contributed by atoms with Crippen molar-refractivity contribution in [1.82, 2.24) is 0 Å². The van der Waals surface area contributed by atoms with Crippen LogP contribution in [-0.2, 0) is 0 Å². The van der Waals surface area contributed by atoms with Crippen molar-refractivity contribution in [3.63, 3.8) is 0 Å². The minimum absolute atomic E-state index is 0.313. The molecule has 0 radical (unpaired) electrons. The molecule has 0 unspecified atom stereocenters. The van der Waals surface area contributed by atoms with Crippen LogP contribution in [0, 0.1) is 0 Å². The lowest BCUT2D eigenvalue weighted by molar-refractivity contribution is 1.56. The second-order valence-corrected chi connectivity index (χ2v) is 2.85. The maximum absolute atomic E-state index is 5.41. The standard InChI is InChI=1S/C7H10ClNS/c1-4-7(10-3)5-9-6(2)8/h4-5H,2H2,1,3H3/b7-4+,9-5?. The van der Waals surface area contributed by atoms with E-state index in [4.69, 9.17) is 11.6 Å². The van der Waals surface area contributed by atoms with Gasteiger partial charge in [0, 0.05) is 11.1 Å². The number of halogens is 1. The van der Waals surface area contributed by atoms with Crippen molar-refractivity contribution in [2.45, 2.75) is 6.92 Å². The van der Waals surface area contributed by atoms with Gasteiger partial charge in [-0.3, -0.25) is 0 Å². The Balaban J connectivity index is 3.98. The van der Waals surface area contributed by atoms with Crippen LogP contribution in [0.15, 0.2) is 27.7 Å². The average Bonchev–Trinajstić information content (AvgIpc) is 1.90. The molecular weight excluding hydrogens is 166 g/mol. The zero-order chi connectivity index (χ0) is 7.98. The number of thioether (sulfide) groups is 1. The molecule has 56 valence electrons. The fourth-order valence-corrected chi connectivity index (χ4v) is 0.821. The fourth-order valence-electron chi connectivity index (χ4n) is 0.379. The molecule has 0 saturated heterocycles. The highest BCUT2D eigenvalue weighted by Crippen LogP contribution is 2.09. The van der Waals surface area contributed by atoms with Gasteiger partial charge in [0.05, 0.1) is 0 Å². The first-order valence-electron chi connectivity index (χ1n) is 2.79. The molecule has 0 amide bonds. The number of rotatable bonds is 3. The van der Waals surface area contributed by atoms with Crippen LogP contribution in [0.2, 0.25) is 0 Å². The smallest absolute Gasteiger partial charge is 0.121 e. The molecule has 0 spiro atoms. The van der Waals surface area contributed by atoms with Gasteiger partial charge in [0.15, 0.2) is 0 Å². The van der Waals surface area contributed by atoms with E-state index in [9.17, 15) is 0 Å². The molecule has 0 fully saturated rings. The summed E-state index contributed by atoms with van der Waals surface area (Å²) in [6, 6.07) is 0. The molecule has 0 bridgehead atoms. The number of hydrogen-bond acceptors (Lipinski definition) is 2. The normalized spacial score (nSPS) is 12.5. The largest absolute Gasteiger partial charge is 0.244 e. The molecule has 0 aliphatic heterocycles. The fraction of sp³-hybridized carbons (Fsp3) is 0.286. The number of allylic oxidation sites excluding steroid dienone is 2. The topological polar surface area (TPSA) is 12.4 Å². The van der Waals surface area contributed by atoms with E-state index in [1.54, 1.807) is 18.0 Å². The lowest BCUT2D eigenvalue weighted by atomic mass is 10.5. The van der Waals surface area contributed by atoms with E-state index in [0.29, 0.717) is 5.16 Å². The summed E-state index contributed by atoms with van der Waals surface area (Å²) in [4.78, 5) is 4.91. The Hall–Kier alpha value is -0.210. The summed E-state index contributed by atoms with van der Waals surface area (Å²) in [7, 11) is 0. The van der Waals surface area contributed by atoms with Crippen molar-refractivity contribution < 1.29 is 0 Å². The predicted molar refractivity (Wildman–Crippen MR) is 50.8 cm³/mol. The summed E-state index contributed by atoms with van der Waals surface area (Å²) in [5, 5.41) is 0.313. The molecule has 3 heteroatoms. The van der Waals surface area contributed by atoms with Crippen LogP contribution in [0.3, 0.4) is 0 Å². The third kappa shape index (κ3) is 4.65. The van der Waals surface area contributed by atoms with Crippen LogP contribution in [0.1, 0.15) is 6.92 Å². The highest BCUT2D eigenvalue weighted by atomic mass is 35.5. The van der Waals surface area contributed by atoms with E-state index in [2.05, 4.69) is 11.6 Å². The van der Waals surface area contributed by atoms with Crippen molar-refractivity contribution in [1.29, 1.82) is 0 Å². The molecule has 0 aliphatic carbocycles. The first kappa shape index (κ1) is 9.79. The molecule has 1 nitrogen and oxygen atoms in total. The Morgan fingerprint density at radius 3 is 2.60 bits per heavy atom. The maximum Gasteiger partial charge on any atom is 0.121 e.